The second-order valence-electron chi connectivity index (χ2n) is 34.3. The highest BCUT2D eigenvalue weighted by molar-refractivity contribution is 6.06. The molecule has 0 bridgehead atoms. The van der Waals surface area contributed by atoms with E-state index in [1.807, 2.05) is 267 Å². The van der Waals surface area contributed by atoms with Crippen molar-refractivity contribution in [2.45, 2.75) is 0 Å². The van der Waals surface area contributed by atoms with Crippen LogP contribution in [0, 0.1) is 63.2 Å². The van der Waals surface area contributed by atoms with Gasteiger partial charge < -0.3 is 0 Å². The zero-order valence-electron chi connectivity index (χ0n) is 77.2. The van der Waals surface area contributed by atoms with Gasteiger partial charge in [0.05, 0.1) is 59.2 Å². The van der Waals surface area contributed by atoms with Crippen LogP contribution in [-0.4, -0.2) is 44.9 Å². The number of hydrogen-bond acceptors (Lipinski definition) is 14. The molecule has 0 aliphatic rings. The number of benzene rings is 20. The van der Waals surface area contributed by atoms with Crippen LogP contribution in [0.5, 0.6) is 0 Å². The summed E-state index contributed by atoms with van der Waals surface area (Å²) in [6.07, 6.45) is 0. The monoisotopic (exact) mass is 1840 g/mol. The van der Waals surface area contributed by atoms with E-state index in [0.717, 1.165) is 171 Å². The van der Waals surface area contributed by atoms with Crippen molar-refractivity contribution in [1.29, 1.82) is 26.3 Å². The third-order valence-corrected chi connectivity index (χ3v) is 25.1. The third kappa shape index (κ3) is 19.7. The van der Waals surface area contributed by atoms with Gasteiger partial charge in [0.2, 0.25) is 0 Å². The van der Waals surface area contributed by atoms with E-state index in [-0.39, 0.29) is 0 Å². The van der Waals surface area contributed by atoms with Crippen molar-refractivity contribution in [2.24, 2.45) is 0 Å². The van der Waals surface area contributed by atoms with Crippen molar-refractivity contribution >= 4 is 38.0 Å². The molecule has 0 saturated heterocycles. The van der Waals surface area contributed by atoms with Gasteiger partial charge in [-0.05, 0) is 194 Å². The summed E-state index contributed by atoms with van der Waals surface area (Å²) >= 11 is 0. The molecule has 0 fully saturated rings. The summed E-state index contributed by atoms with van der Waals surface area (Å²) in [5.74, 6) is 5.68. The molecular formula is C129H77N15. The van der Waals surface area contributed by atoms with Crippen molar-refractivity contribution in [3.63, 3.8) is 0 Å². The number of rotatable bonds is 17. The predicted molar refractivity (Wildman–Crippen MR) is 574 cm³/mol. The third-order valence-electron chi connectivity index (χ3n) is 25.1. The Labute approximate surface area is 831 Å². The maximum absolute atomic E-state index is 9.51. The van der Waals surface area contributed by atoms with E-state index in [1.54, 1.807) is 18.2 Å². The van der Waals surface area contributed by atoms with Crippen LogP contribution in [0.15, 0.2) is 467 Å². The smallest absolute Gasteiger partial charge is 0.189 e. The van der Waals surface area contributed by atoms with Gasteiger partial charge in [-0.3, -0.25) is 0 Å². The Balaban J connectivity index is 0.000000128. The maximum Gasteiger partial charge on any atom is 0.189 e. The van der Waals surface area contributed by atoms with Crippen LogP contribution in [0.3, 0.4) is 0 Å². The zero-order chi connectivity index (χ0) is 97.6. The summed E-state index contributed by atoms with van der Waals surface area (Å²) in [4.78, 5) is 47.1. The summed E-state index contributed by atoms with van der Waals surface area (Å²) in [6.45, 7) is 7.36. The number of fused-ring (bicyclic) bond motifs is 3. The lowest BCUT2D eigenvalue weighted by molar-refractivity contribution is 1.07. The van der Waals surface area contributed by atoms with E-state index in [2.05, 4.69) is 217 Å². The lowest BCUT2D eigenvalue weighted by atomic mass is 9.91. The quantitative estimate of drug-likeness (QED) is 0.0771. The minimum Gasteiger partial charge on any atom is -0.238 e. The largest absolute Gasteiger partial charge is 0.238 e. The van der Waals surface area contributed by atoms with E-state index < -0.39 is 0 Å². The van der Waals surface area contributed by atoms with Crippen LogP contribution in [0.4, 0.5) is 5.69 Å². The van der Waals surface area contributed by atoms with Gasteiger partial charge in [-0.15, -0.1) is 0 Å². The standard InChI is InChI=1S/2C45H27N5.C39H23N5/c1-47-42-25-30(29-46)24-41(28-42)33-14-12-31(13-15-33)37-20-22-40-27-38(21-23-39(40)26-37)32-16-18-36(19-17-32)45-49-43(34-8-4-2-5-9-34)48-44(50-45)35-10-6-3-7-11-35;46-28-30-24-31(29-47)26-40(25-30)33-14-18-34(19-15-33)41-13-7-12-39-27-38(22-23-42(39)41)32-16-20-37(21-17-32)45-49-43(35-8-3-1-4-9-35)48-44(50-45)36-10-5-2-6-11-36;40-24-26-21-27(25-41)23-32(22-26)34-20-19-33(35-13-7-8-14-36(34)35)28-15-17-31(18-16-28)39-43-37(29-9-3-1-4-10-29)42-38(44-39)30-11-5-2-6-12-30/h2-28H;1-27H;1-23H. The lowest BCUT2D eigenvalue weighted by Crippen LogP contribution is -2.00. The molecule has 0 aliphatic heterocycles. The van der Waals surface area contributed by atoms with Crippen molar-refractivity contribution in [3.05, 3.63) is 506 Å². The van der Waals surface area contributed by atoms with Crippen molar-refractivity contribution < 1.29 is 0 Å². The fraction of sp³-hybridized carbons (Fsp3) is 0. The normalized spacial score (nSPS) is 10.7. The van der Waals surface area contributed by atoms with Gasteiger partial charge >= 0.3 is 0 Å². The molecule has 3 aromatic heterocycles. The second-order valence-corrected chi connectivity index (χ2v) is 34.3. The van der Waals surface area contributed by atoms with Gasteiger partial charge in [-0.2, -0.15) is 26.3 Å². The zero-order valence-corrected chi connectivity index (χ0v) is 77.2. The molecule has 23 aromatic rings. The van der Waals surface area contributed by atoms with Gasteiger partial charge in [-0.1, -0.05) is 394 Å². The highest BCUT2D eigenvalue weighted by Crippen LogP contribution is 2.42. The first-order valence-electron chi connectivity index (χ1n) is 46.6. The van der Waals surface area contributed by atoms with Crippen molar-refractivity contribution in [1.82, 2.24) is 44.9 Å². The van der Waals surface area contributed by atoms with Crippen LogP contribution in [0.1, 0.15) is 27.8 Å². The molecule has 668 valence electrons. The number of hydrogen-bond donors (Lipinski definition) is 0. The molecule has 0 N–H and O–H groups in total. The molecule has 0 unspecified atom stereocenters. The summed E-state index contributed by atoms with van der Waals surface area (Å²) in [5.41, 5.74) is 27.7. The minimum absolute atomic E-state index is 0.464. The lowest BCUT2D eigenvalue weighted by Gasteiger charge is -2.13. The average molecular weight is 1840 g/mol. The highest BCUT2D eigenvalue weighted by atomic mass is 15.1. The fourth-order valence-electron chi connectivity index (χ4n) is 17.8. The molecule has 0 radical (unpaired) electrons. The van der Waals surface area contributed by atoms with Gasteiger partial charge in [-0.25, -0.2) is 49.7 Å². The van der Waals surface area contributed by atoms with E-state index in [0.29, 0.717) is 85.9 Å². The molecule has 23 rings (SSSR count). The van der Waals surface area contributed by atoms with Gasteiger partial charge in [0.1, 0.15) is 0 Å². The molecule has 0 amide bonds. The second kappa shape index (κ2) is 41.0. The number of nitrogens with zero attached hydrogens (tertiary/aromatic N) is 15. The number of aromatic nitrogens is 9. The molecule has 0 atom stereocenters. The van der Waals surface area contributed by atoms with E-state index in [1.165, 1.54) is 0 Å². The molecule has 20 aromatic carbocycles. The minimum atomic E-state index is 0.464. The summed E-state index contributed by atoms with van der Waals surface area (Å²) in [5, 5.41) is 53.9. The molecule has 15 nitrogen and oxygen atoms in total. The van der Waals surface area contributed by atoms with Crippen LogP contribution < -0.4 is 0 Å². The molecular weight excluding hydrogens is 1760 g/mol. The molecule has 3 heterocycles. The SMILES string of the molecule is N#Cc1cc(C#N)cc(-c2ccc(-c3ccc(-c4nc(-c5ccccc5)nc(-c5ccccc5)n4)cc3)c3ccccc23)c1.N#Cc1cc(C#N)cc(-c2ccc(-c3cccc4cc(-c5ccc(-c6nc(-c7ccccc7)nc(-c7ccccc7)n6)cc5)ccc34)cc2)c1.[C-]#[N+]c1cc(C#N)cc(-c2ccc(-c3ccc4cc(-c5ccc(-c6nc(-c7ccccc7)nc(-c7ccccc7)n6)cc5)ccc4c3)cc2)c1. The molecule has 0 spiro atoms. The first-order valence-corrected chi connectivity index (χ1v) is 46.6. The van der Waals surface area contributed by atoms with Crippen molar-refractivity contribution in [2.75, 3.05) is 0 Å². The molecule has 0 saturated carbocycles. The fourth-order valence-corrected chi connectivity index (χ4v) is 17.8. The van der Waals surface area contributed by atoms with E-state index in [4.69, 9.17) is 51.4 Å². The predicted octanol–water partition coefficient (Wildman–Crippen LogP) is 31.3. The Morgan fingerprint density at radius 1 is 0.153 bits per heavy atom. The first-order chi connectivity index (χ1) is 71.0. The van der Waals surface area contributed by atoms with Gasteiger partial charge in [0, 0.05) is 55.6 Å². The van der Waals surface area contributed by atoms with Crippen LogP contribution in [0.25, 0.3) is 229 Å². The highest BCUT2D eigenvalue weighted by Gasteiger charge is 2.21. The van der Waals surface area contributed by atoms with Gasteiger partial charge in [0.25, 0.3) is 0 Å². The molecule has 0 aliphatic carbocycles. The Morgan fingerprint density at radius 2 is 0.382 bits per heavy atom. The van der Waals surface area contributed by atoms with Crippen LogP contribution >= 0.6 is 0 Å². The van der Waals surface area contributed by atoms with Crippen LogP contribution in [0.2, 0.25) is 0 Å². The van der Waals surface area contributed by atoms with Gasteiger partial charge in [0.15, 0.2) is 58.1 Å². The van der Waals surface area contributed by atoms with Crippen LogP contribution in [-0.2, 0) is 0 Å². The Bertz CT molecular complexity index is 8800. The topological polar surface area (TPSA) is 239 Å². The molecule has 15 heteroatoms. The average Bonchev–Trinajstić information content (AvgIpc) is 0.766. The molecule has 144 heavy (non-hydrogen) atoms. The Kier molecular flexibility index (Phi) is 25.5. The van der Waals surface area contributed by atoms with Crippen molar-refractivity contribution in [3.8, 4) is 222 Å². The Morgan fingerprint density at radius 3 is 0.688 bits per heavy atom. The summed E-state index contributed by atoms with van der Waals surface area (Å²) in [7, 11) is 0. The summed E-state index contributed by atoms with van der Waals surface area (Å²) < 4.78 is 0. The maximum atomic E-state index is 9.51. The summed E-state index contributed by atoms with van der Waals surface area (Å²) in [6, 6.07) is 166. The first kappa shape index (κ1) is 89.7. The van der Waals surface area contributed by atoms with E-state index in [9.17, 15) is 26.3 Å². The number of nitriles is 5. The van der Waals surface area contributed by atoms with E-state index >= 15 is 0 Å². The Hall–Kier alpha value is -20.8.